The Hall–Kier alpha value is -2.82. The molecule has 2 aromatic rings. The summed E-state index contributed by atoms with van der Waals surface area (Å²) < 4.78 is 48.1. The molecule has 10 heteroatoms. The third kappa shape index (κ3) is 4.50. The SMILES string of the molecule is COc1ccc(NC(=O)c2cc(S(=O)(=O)N3CCOCC3)ccc2OC)cc1OC. The highest BCUT2D eigenvalue weighted by Crippen LogP contribution is 2.31. The fraction of sp³-hybridized carbons (Fsp3) is 0.350. The molecule has 0 unspecified atom stereocenters. The molecular weight excluding hydrogens is 412 g/mol. The van der Waals surface area contributed by atoms with E-state index in [-0.39, 0.29) is 29.3 Å². The van der Waals surface area contributed by atoms with Crippen LogP contribution < -0.4 is 19.5 Å². The van der Waals surface area contributed by atoms with Gasteiger partial charge in [-0.25, -0.2) is 8.42 Å². The second-order valence-corrected chi connectivity index (χ2v) is 8.34. The maximum absolute atomic E-state index is 12.9. The van der Waals surface area contributed by atoms with Crippen molar-refractivity contribution in [1.82, 2.24) is 4.31 Å². The van der Waals surface area contributed by atoms with Crippen molar-refractivity contribution in [1.29, 1.82) is 0 Å². The van der Waals surface area contributed by atoms with E-state index < -0.39 is 15.9 Å². The Balaban J connectivity index is 1.91. The van der Waals surface area contributed by atoms with Crippen molar-refractivity contribution in [3.05, 3.63) is 42.0 Å². The van der Waals surface area contributed by atoms with E-state index in [0.717, 1.165) is 0 Å². The van der Waals surface area contributed by atoms with Gasteiger partial charge in [0.05, 0.1) is 45.0 Å². The number of hydrogen-bond acceptors (Lipinski definition) is 7. The molecule has 30 heavy (non-hydrogen) atoms. The number of morpholine rings is 1. The molecule has 0 spiro atoms. The van der Waals surface area contributed by atoms with Crippen LogP contribution in [0, 0.1) is 0 Å². The lowest BCUT2D eigenvalue weighted by atomic mass is 10.1. The van der Waals surface area contributed by atoms with E-state index in [2.05, 4.69) is 5.32 Å². The van der Waals surface area contributed by atoms with Crippen molar-refractivity contribution in [3.8, 4) is 17.2 Å². The molecule has 0 bridgehead atoms. The van der Waals surface area contributed by atoms with Gasteiger partial charge in [-0.1, -0.05) is 0 Å². The number of rotatable bonds is 7. The summed E-state index contributed by atoms with van der Waals surface area (Å²) in [5, 5.41) is 2.73. The standard InChI is InChI=1S/C20H24N2O7S/c1-26-17-7-5-15(30(24,25)22-8-10-29-11-9-22)13-16(17)20(23)21-14-4-6-18(27-2)19(12-14)28-3/h4-7,12-13H,8-11H2,1-3H3,(H,21,23). The number of carbonyl (C=O) groups is 1. The second kappa shape index (κ2) is 9.33. The van der Waals surface area contributed by atoms with Gasteiger partial charge in [0.1, 0.15) is 5.75 Å². The molecule has 2 aromatic carbocycles. The summed E-state index contributed by atoms with van der Waals surface area (Å²) in [5.41, 5.74) is 0.558. The second-order valence-electron chi connectivity index (χ2n) is 6.40. The number of ether oxygens (including phenoxy) is 4. The smallest absolute Gasteiger partial charge is 0.259 e. The number of methoxy groups -OCH3 is 3. The summed E-state index contributed by atoms with van der Waals surface area (Å²) >= 11 is 0. The van der Waals surface area contributed by atoms with Crippen LogP contribution in [0.15, 0.2) is 41.3 Å². The molecule has 0 atom stereocenters. The molecule has 0 aromatic heterocycles. The highest BCUT2D eigenvalue weighted by molar-refractivity contribution is 7.89. The van der Waals surface area contributed by atoms with E-state index in [0.29, 0.717) is 30.4 Å². The molecule has 1 aliphatic rings. The molecule has 0 saturated carbocycles. The topological polar surface area (TPSA) is 103 Å². The first-order valence-corrected chi connectivity index (χ1v) is 10.6. The Morgan fingerprint density at radius 3 is 2.20 bits per heavy atom. The van der Waals surface area contributed by atoms with Crippen molar-refractivity contribution < 1.29 is 32.2 Å². The number of benzene rings is 2. The maximum Gasteiger partial charge on any atom is 0.259 e. The predicted octanol–water partition coefficient (Wildman–Crippen LogP) is 1.99. The highest BCUT2D eigenvalue weighted by Gasteiger charge is 2.28. The molecular formula is C20H24N2O7S. The van der Waals surface area contributed by atoms with Crippen LogP contribution in [-0.2, 0) is 14.8 Å². The van der Waals surface area contributed by atoms with Gasteiger partial charge in [-0.15, -0.1) is 0 Å². The summed E-state index contributed by atoms with van der Waals surface area (Å²) in [6.45, 7) is 1.20. The van der Waals surface area contributed by atoms with E-state index in [4.69, 9.17) is 18.9 Å². The molecule has 0 radical (unpaired) electrons. The summed E-state index contributed by atoms with van der Waals surface area (Å²) in [4.78, 5) is 12.9. The molecule has 1 saturated heterocycles. The minimum absolute atomic E-state index is 0.0164. The van der Waals surface area contributed by atoms with Gasteiger partial charge in [-0.05, 0) is 30.3 Å². The zero-order chi connectivity index (χ0) is 21.7. The van der Waals surface area contributed by atoms with Gasteiger partial charge in [0, 0.05) is 24.8 Å². The van der Waals surface area contributed by atoms with Crippen LogP contribution in [0.25, 0.3) is 0 Å². The molecule has 1 aliphatic heterocycles. The third-order valence-corrected chi connectivity index (χ3v) is 6.56. The molecule has 3 rings (SSSR count). The fourth-order valence-electron chi connectivity index (χ4n) is 3.07. The van der Waals surface area contributed by atoms with Gasteiger partial charge in [-0.2, -0.15) is 4.31 Å². The zero-order valence-corrected chi connectivity index (χ0v) is 17.8. The number of sulfonamides is 1. The van der Waals surface area contributed by atoms with Crippen LogP contribution in [0.4, 0.5) is 5.69 Å². The predicted molar refractivity (Wildman–Crippen MR) is 110 cm³/mol. The summed E-state index contributed by atoms with van der Waals surface area (Å²) in [7, 11) is 0.669. The molecule has 0 aliphatic carbocycles. The van der Waals surface area contributed by atoms with Crippen molar-refractivity contribution in [2.24, 2.45) is 0 Å². The van der Waals surface area contributed by atoms with Crippen molar-refractivity contribution in [3.63, 3.8) is 0 Å². The molecule has 1 amide bonds. The Bertz CT molecular complexity index is 1020. The molecule has 1 N–H and O–H groups in total. The third-order valence-electron chi connectivity index (χ3n) is 4.66. The van der Waals surface area contributed by atoms with Crippen molar-refractivity contribution >= 4 is 21.6 Å². The number of nitrogens with one attached hydrogen (secondary N) is 1. The van der Waals surface area contributed by atoms with Crippen LogP contribution >= 0.6 is 0 Å². The minimum atomic E-state index is -3.75. The number of nitrogens with zero attached hydrogens (tertiary/aromatic N) is 1. The van der Waals surface area contributed by atoms with E-state index in [1.54, 1.807) is 18.2 Å². The van der Waals surface area contributed by atoms with Crippen LogP contribution in [0.5, 0.6) is 17.2 Å². The largest absolute Gasteiger partial charge is 0.496 e. The van der Waals surface area contributed by atoms with Crippen LogP contribution in [0.2, 0.25) is 0 Å². The van der Waals surface area contributed by atoms with Crippen LogP contribution in [0.3, 0.4) is 0 Å². The van der Waals surface area contributed by atoms with Gasteiger partial charge < -0.3 is 24.3 Å². The molecule has 162 valence electrons. The Morgan fingerprint density at radius 1 is 0.933 bits per heavy atom. The number of hydrogen-bond donors (Lipinski definition) is 1. The number of anilines is 1. The molecule has 1 fully saturated rings. The van der Waals surface area contributed by atoms with Gasteiger partial charge >= 0.3 is 0 Å². The lowest BCUT2D eigenvalue weighted by Crippen LogP contribution is -2.40. The normalized spacial score (nSPS) is 14.8. The van der Waals surface area contributed by atoms with E-state index in [1.165, 1.54) is 43.8 Å². The zero-order valence-electron chi connectivity index (χ0n) is 17.0. The average Bonchev–Trinajstić information content (AvgIpc) is 2.79. The Kier molecular flexibility index (Phi) is 6.80. The maximum atomic E-state index is 12.9. The van der Waals surface area contributed by atoms with E-state index >= 15 is 0 Å². The lowest BCUT2D eigenvalue weighted by molar-refractivity contribution is 0.0730. The summed E-state index contributed by atoms with van der Waals surface area (Å²) in [6, 6.07) is 9.13. The van der Waals surface area contributed by atoms with Crippen LogP contribution in [-0.4, -0.2) is 66.3 Å². The minimum Gasteiger partial charge on any atom is -0.496 e. The quantitative estimate of drug-likeness (QED) is 0.708. The fourth-order valence-corrected chi connectivity index (χ4v) is 4.51. The first-order chi connectivity index (χ1) is 14.4. The number of amides is 1. The van der Waals surface area contributed by atoms with Gasteiger partial charge in [0.25, 0.3) is 5.91 Å². The monoisotopic (exact) mass is 436 g/mol. The van der Waals surface area contributed by atoms with Gasteiger partial charge in [0.15, 0.2) is 11.5 Å². The molecule has 9 nitrogen and oxygen atoms in total. The first kappa shape index (κ1) is 21.9. The Morgan fingerprint density at radius 2 is 1.57 bits per heavy atom. The van der Waals surface area contributed by atoms with E-state index in [1.807, 2.05) is 0 Å². The number of carbonyl (C=O) groups excluding carboxylic acids is 1. The van der Waals surface area contributed by atoms with Crippen molar-refractivity contribution in [2.75, 3.05) is 52.9 Å². The Labute approximate surface area is 175 Å². The van der Waals surface area contributed by atoms with E-state index in [9.17, 15) is 13.2 Å². The molecule has 1 heterocycles. The average molecular weight is 436 g/mol. The highest BCUT2D eigenvalue weighted by atomic mass is 32.2. The summed E-state index contributed by atoms with van der Waals surface area (Å²) in [6.07, 6.45) is 0. The lowest BCUT2D eigenvalue weighted by Gasteiger charge is -2.26. The summed E-state index contributed by atoms with van der Waals surface area (Å²) in [5.74, 6) is 0.713. The van der Waals surface area contributed by atoms with Crippen LogP contribution in [0.1, 0.15) is 10.4 Å². The van der Waals surface area contributed by atoms with Gasteiger partial charge in [-0.3, -0.25) is 4.79 Å². The van der Waals surface area contributed by atoms with Gasteiger partial charge in [0.2, 0.25) is 10.0 Å². The first-order valence-electron chi connectivity index (χ1n) is 9.20. The van der Waals surface area contributed by atoms with Crippen molar-refractivity contribution in [2.45, 2.75) is 4.90 Å².